The molecule has 108 valence electrons. The van der Waals surface area contributed by atoms with E-state index in [1.807, 2.05) is 37.3 Å². The lowest BCUT2D eigenvalue weighted by Gasteiger charge is -1.96. The van der Waals surface area contributed by atoms with Crippen molar-refractivity contribution in [3.63, 3.8) is 0 Å². The third-order valence-electron chi connectivity index (χ3n) is 3.32. The van der Waals surface area contributed by atoms with Gasteiger partial charge in [-0.1, -0.05) is 48.3 Å². The standard InChI is InChI=1S/C18H15N3O/c1-3-14-11-19-17(20-12-14)10-9-16-13(2)22-21-18(16)15-7-5-4-6-8-15/h4-8,11-12H,3H2,1-2H3. The maximum atomic E-state index is 5.28. The predicted molar refractivity (Wildman–Crippen MR) is 84.1 cm³/mol. The van der Waals surface area contributed by atoms with Gasteiger partial charge in [0, 0.05) is 18.0 Å². The first-order valence-corrected chi connectivity index (χ1v) is 7.12. The zero-order chi connectivity index (χ0) is 15.4. The quantitative estimate of drug-likeness (QED) is 0.678. The fraction of sp³-hybridized carbons (Fsp3) is 0.167. The third kappa shape index (κ3) is 2.89. The molecule has 0 bridgehead atoms. The van der Waals surface area contributed by atoms with Gasteiger partial charge in [-0.25, -0.2) is 9.97 Å². The molecule has 0 fully saturated rings. The van der Waals surface area contributed by atoms with Crippen LogP contribution in [-0.2, 0) is 6.42 Å². The van der Waals surface area contributed by atoms with E-state index in [0.29, 0.717) is 11.6 Å². The van der Waals surface area contributed by atoms with Gasteiger partial charge in [-0.3, -0.25) is 0 Å². The second-order valence-corrected chi connectivity index (χ2v) is 4.85. The van der Waals surface area contributed by atoms with Crippen molar-refractivity contribution >= 4 is 0 Å². The Morgan fingerprint density at radius 1 is 1.05 bits per heavy atom. The Hall–Kier alpha value is -2.93. The molecule has 0 aliphatic rings. The van der Waals surface area contributed by atoms with Gasteiger partial charge in [0.2, 0.25) is 5.82 Å². The molecule has 4 heteroatoms. The molecule has 2 aromatic heterocycles. The molecule has 0 aliphatic heterocycles. The number of nitrogens with zero attached hydrogens (tertiary/aromatic N) is 3. The van der Waals surface area contributed by atoms with Gasteiger partial charge in [0.1, 0.15) is 11.5 Å². The van der Waals surface area contributed by atoms with Gasteiger partial charge in [-0.2, -0.15) is 0 Å². The second kappa shape index (κ2) is 6.23. The fourth-order valence-electron chi connectivity index (χ4n) is 2.03. The van der Waals surface area contributed by atoms with Crippen molar-refractivity contribution in [1.29, 1.82) is 0 Å². The minimum Gasteiger partial charge on any atom is -0.360 e. The second-order valence-electron chi connectivity index (χ2n) is 4.85. The summed E-state index contributed by atoms with van der Waals surface area (Å²) in [6.07, 6.45) is 4.52. The van der Waals surface area contributed by atoms with Crippen LogP contribution in [0.3, 0.4) is 0 Å². The minimum atomic E-state index is 0.497. The smallest absolute Gasteiger partial charge is 0.205 e. The number of benzene rings is 1. The van der Waals surface area contributed by atoms with E-state index in [9.17, 15) is 0 Å². The number of aromatic nitrogens is 3. The molecule has 0 radical (unpaired) electrons. The largest absolute Gasteiger partial charge is 0.360 e. The molecule has 1 aromatic carbocycles. The van der Waals surface area contributed by atoms with Gasteiger partial charge in [0.25, 0.3) is 0 Å². The van der Waals surface area contributed by atoms with Crippen LogP contribution in [0.5, 0.6) is 0 Å². The van der Waals surface area contributed by atoms with Crippen LogP contribution in [0, 0.1) is 18.8 Å². The Morgan fingerprint density at radius 2 is 1.77 bits per heavy atom. The summed E-state index contributed by atoms with van der Waals surface area (Å²) in [5.74, 6) is 7.25. The highest BCUT2D eigenvalue weighted by Crippen LogP contribution is 2.24. The van der Waals surface area contributed by atoms with Gasteiger partial charge < -0.3 is 4.52 Å². The van der Waals surface area contributed by atoms with Crippen molar-refractivity contribution in [2.45, 2.75) is 20.3 Å². The molecular formula is C18H15N3O. The molecule has 0 aliphatic carbocycles. The van der Waals surface area contributed by atoms with Crippen molar-refractivity contribution in [3.8, 4) is 23.1 Å². The summed E-state index contributed by atoms with van der Waals surface area (Å²) in [6.45, 7) is 3.92. The number of hydrogen-bond acceptors (Lipinski definition) is 4. The molecule has 0 unspecified atom stereocenters. The van der Waals surface area contributed by atoms with Crippen LogP contribution in [0.4, 0.5) is 0 Å². The fourth-order valence-corrected chi connectivity index (χ4v) is 2.03. The maximum Gasteiger partial charge on any atom is 0.205 e. The average molecular weight is 289 g/mol. The SMILES string of the molecule is CCc1cnc(C#Cc2c(-c3ccccc3)noc2C)nc1. The lowest BCUT2D eigenvalue weighted by atomic mass is 10.1. The Kier molecular flexibility index (Phi) is 3.97. The van der Waals surface area contributed by atoms with Gasteiger partial charge in [0.05, 0.1) is 5.56 Å². The van der Waals surface area contributed by atoms with E-state index in [1.54, 1.807) is 12.4 Å². The Morgan fingerprint density at radius 3 is 2.45 bits per heavy atom. The topological polar surface area (TPSA) is 51.8 Å². The van der Waals surface area contributed by atoms with Crippen LogP contribution in [0.2, 0.25) is 0 Å². The zero-order valence-electron chi connectivity index (χ0n) is 12.5. The molecule has 0 saturated carbocycles. The van der Waals surface area contributed by atoms with Gasteiger partial charge in [-0.05, 0) is 24.8 Å². The van der Waals surface area contributed by atoms with E-state index >= 15 is 0 Å². The Balaban J connectivity index is 1.96. The summed E-state index contributed by atoms with van der Waals surface area (Å²) in [5.41, 5.74) is 3.59. The molecule has 0 spiro atoms. The van der Waals surface area contributed by atoms with Crippen molar-refractivity contribution in [2.75, 3.05) is 0 Å². The third-order valence-corrected chi connectivity index (χ3v) is 3.32. The Labute approximate surface area is 129 Å². The van der Waals surface area contributed by atoms with Gasteiger partial charge in [-0.15, -0.1) is 0 Å². The lowest BCUT2D eigenvalue weighted by Crippen LogP contribution is -1.91. The molecule has 4 nitrogen and oxygen atoms in total. The van der Waals surface area contributed by atoms with E-state index in [2.05, 4.69) is 33.9 Å². The van der Waals surface area contributed by atoms with E-state index in [1.165, 1.54) is 0 Å². The van der Waals surface area contributed by atoms with Gasteiger partial charge in [0.15, 0.2) is 0 Å². The number of aryl methyl sites for hydroxylation is 2. The summed E-state index contributed by atoms with van der Waals surface area (Å²) in [4.78, 5) is 8.49. The van der Waals surface area contributed by atoms with Crippen molar-refractivity contribution in [1.82, 2.24) is 15.1 Å². The molecule has 0 N–H and O–H groups in total. The van der Waals surface area contributed by atoms with Crippen LogP contribution in [0.15, 0.2) is 47.2 Å². The van der Waals surface area contributed by atoms with Crippen LogP contribution in [0.25, 0.3) is 11.3 Å². The first kappa shape index (κ1) is 14.0. The molecule has 0 atom stereocenters. The van der Waals surface area contributed by atoms with E-state index in [-0.39, 0.29) is 0 Å². The van der Waals surface area contributed by atoms with Crippen LogP contribution < -0.4 is 0 Å². The number of rotatable bonds is 2. The normalized spacial score (nSPS) is 10.1. The molecule has 22 heavy (non-hydrogen) atoms. The van der Waals surface area contributed by atoms with Crippen LogP contribution >= 0.6 is 0 Å². The van der Waals surface area contributed by atoms with E-state index < -0.39 is 0 Å². The Bertz CT molecular complexity index is 824. The highest BCUT2D eigenvalue weighted by molar-refractivity contribution is 5.67. The van der Waals surface area contributed by atoms with E-state index in [4.69, 9.17) is 4.52 Å². The average Bonchev–Trinajstić information content (AvgIpc) is 2.95. The van der Waals surface area contributed by atoms with Crippen molar-refractivity contribution < 1.29 is 4.52 Å². The lowest BCUT2D eigenvalue weighted by molar-refractivity contribution is 0.399. The number of hydrogen-bond donors (Lipinski definition) is 0. The zero-order valence-corrected chi connectivity index (χ0v) is 12.5. The van der Waals surface area contributed by atoms with Crippen molar-refractivity contribution in [3.05, 3.63) is 65.4 Å². The minimum absolute atomic E-state index is 0.497. The molecule has 0 amide bonds. The summed E-state index contributed by atoms with van der Waals surface area (Å²) in [6, 6.07) is 9.85. The highest BCUT2D eigenvalue weighted by Gasteiger charge is 2.12. The van der Waals surface area contributed by atoms with Crippen molar-refractivity contribution in [2.24, 2.45) is 0 Å². The summed E-state index contributed by atoms with van der Waals surface area (Å²) < 4.78 is 5.28. The van der Waals surface area contributed by atoms with Gasteiger partial charge >= 0.3 is 0 Å². The van der Waals surface area contributed by atoms with Crippen LogP contribution in [-0.4, -0.2) is 15.1 Å². The van der Waals surface area contributed by atoms with Crippen LogP contribution in [0.1, 0.15) is 29.6 Å². The summed E-state index contributed by atoms with van der Waals surface area (Å²) in [5, 5.41) is 4.11. The van der Waals surface area contributed by atoms with E-state index in [0.717, 1.165) is 28.8 Å². The first-order valence-electron chi connectivity index (χ1n) is 7.12. The monoisotopic (exact) mass is 289 g/mol. The predicted octanol–water partition coefficient (Wildman–Crippen LogP) is 3.40. The highest BCUT2D eigenvalue weighted by atomic mass is 16.5. The summed E-state index contributed by atoms with van der Waals surface area (Å²) in [7, 11) is 0. The molecule has 3 aromatic rings. The maximum absolute atomic E-state index is 5.28. The first-order chi connectivity index (χ1) is 10.8. The molecule has 0 saturated heterocycles. The summed E-state index contributed by atoms with van der Waals surface area (Å²) >= 11 is 0. The molecule has 2 heterocycles. The molecular weight excluding hydrogens is 274 g/mol. The molecule has 3 rings (SSSR count).